The van der Waals surface area contributed by atoms with E-state index in [4.69, 9.17) is 8.94 Å². The molecule has 0 radical (unpaired) electrons. The molecule has 1 aliphatic rings. The number of benzene rings is 1. The summed E-state index contributed by atoms with van der Waals surface area (Å²) in [6.07, 6.45) is 2.71. The number of aromatic nitrogens is 2. The van der Waals surface area contributed by atoms with E-state index < -0.39 is 0 Å². The summed E-state index contributed by atoms with van der Waals surface area (Å²) >= 11 is 0. The normalized spacial score (nSPS) is 15.8. The maximum atomic E-state index is 13.0. The minimum Gasteiger partial charge on any atom is -0.444 e. The van der Waals surface area contributed by atoms with Crippen LogP contribution in [0.4, 0.5) is 0 Å². The summed E-state index contributed by atoms with van der Waals surface area (Å²) in [5.41, 5.74) is 2.39. The van der Waals surface area contributed by atoms with Crippen molar-refractivity contribution in [1.82, 2.24) is 19.9 Å². The number of amides is 1. The maximum absolute atomic E-state index is 13.0. The predicted molar refractivity (Wildman–Crippen MR) is 118 cm³/mol. The van der Waals surface area contributed by atoms with Crippen molar-refractivity contribution in [2.45, 2.75) is 46.1 Å². The van der Waals surface area contributed by atoms with E-state index in [9.17, 15) is 4.79 Å². The van der Waals surface area contributed by atoms with E-state index >= 15 is 0 Å². The average Bonchev–Trinajstić information content (AvgIpc) is 3.34. The molecule has 3 heterocycles. The Labute approximate surface area is 183 Å². The minimum atomic E-state index is -0.0879. The Morgan fingerprint density at radius 1 is 1.10 bits per heavy atom. The first kappa shape index (κ1) is 21.3. The molecule has 0 atom stereocenters. The molecule has 2 aromatic heterocycles. The van der Waals surface area contributed by atoms with Gasteiger partial charge in [-0.2, -0.15) is 0 Å². The molecule has 1 saturated heterocycles. The molecule has 0 bridgehead atoms. The third-order valence-electron chi connectivity index (χ3n) is 5.59. The van der Waals surface area contributed by atoms with Gasteiger partial charge in [0.1, 0.15) is 5.76 Å². The van der Waals surface area contributed by atoms with Crippen LogP contribution in [0.1, 0.15) is 54.9 Å². The van der Waals surface area contributed by atoms with Crippen molar-refractivity contribution in [2.75, 3.05) is 26.2 Å². The van der Waals surface area contributed by atoms with Crippen LogP contribution in [0.3, 0.4) is 0 Å². The van der Waals surface area contributed by atoms with Crippen molar-refractivity contribution in [1.29, 1.82) is 0 Å². The lowest BCUT2D eigenvalue weighted by Crippen LogP contribution is -2.35. The lowest BCUT2D eigenvalue weighted by atomic mass is 9.94. The number of hydrogen-bond donors (Lipinski definition) is 0. The van der Waals surface area contributed by atoms with Gasteiger partial charge in [0.2, 0.25) is 5.89 Å². The molecule has 1 aliphatic heterocycles. The lowest BCUT2D eigenvalue weighted by molar-refractivity contribution is 0.0750. The lowest BCUT2D eigenvalue weighted by Gasteiger charge is -2.20. The molecular weight excluding hydrogens is 392 g/mol. The van der Waals surface area contributed by atoms with E-state index in [1.807, 2.05) is 42.3 Å². The van der Waals surface area contributed by atoms with Crippen molar-refractivity contribution in [2.24, 2.45) is 0 Å². The molecule has 31 heavy (non-hydrogen) atoms. The Morgan fingerprint density at radius 3 is 2.58 bits per heavy atom. The van der Waals surface area contributed by atoms with Gasteiger partial charge in [0, 0.05) is 43.2 Å². The van der Waals surface area contributed by atoms with Gasteiger partial charge in [-0.3, -0.25) is 9.69 Å². The van der Waals surface area contributed by atoms with Gasteiger partial charge in [0.25, 0.3) is 5.91 Å². The molecule has 1 fully saturated rings. The standard InChI is InChI=1S/C24H30N4O3/c1-17-6-8-18(9-7-17)20-14-19(26-31-20)23(29)28-11-5-10-27(12-13-28)16-22-25-15-21(30-22)24(2,3)4/h6-9,14-15H,5,10-13,16H2,1-4H3. The van der Waals surface area contributed by atoms with Crippen molar-refractivity contribution in [3.05, 3.63) is 59.4 Å². The molecule has 164 valence electrons. The minimum absolute atomic E-state index is 0.0533. The molecule has 0 unspecified atom stereocenters. The summed E-state index contributed by atoms with van der Waals surface area (Å²) in [5.74, 6) is 2.14. The molecule has 0 spiro atoms. The zero-order valence-electron chi connectivity index (χ0n) is 18.7. The van der Waals surface area contributed by atoms with Crippen LogP contribution in [0.25, 0.3) is 11.3 Å². The fraction of sp³-hybridized carbons (Fsp3) is 0.458. The quantitative estimate of drug-likeness (QED) is 0.625. The second-order valence-corrected chi connectivity index (χ2v) is 9.23. The van der Waals surface area contributed by atoms with Gasteiger partial charge in [-0.1, -0.05) is 55.8 Å². The smallest absolute Gasteiger partial charge is 0.276 e. The number of oxazole rings is 1. The largest absolute Gasteiger partial charge is 0.444 e. The average molecular weight is 423 g/mol. The molecule has 1 amide bonds. The van der Waals surface area contributed by atoms with E-state index in [0.29, 0.717) is 31.1 Å². The molecule has 4 rings (SSSR count). The van der Waals surface area contributed by atoms with E-state index in [2.05, 4.69) is 35.8 Å². The Balaban J connectivity index is 1.37. The first-order valence-electron chi connectivity index (χ1n) is 10.8. The molecule has 0 aliphatic carbocycles. The monoisotopic (exact) mass is 422 g/mol. The summed E-state index contributed by atoms with van der Waals surface area (Å²) in [4.78, 5) is 21.6. The Kier molecular flexibility index (Phi) is 5.96. The summed E-state index contributed by atoms with van der Waals surface area (Å²) in [5, 5.41) is 4.03. The Hall–Kier alpha value is -2.93. The van der Waals surface area contributed by atoms with Gasteiger partial charge in [0.05, 0.1) is 12.7 Å². The molecule has 7 nitrogen and oxygen atoms in total. The van der Waals surface area contributed by atoms with Crippen LogP contribution in [0.15, 0.2) is 45.5 Å². The van der Waals surface area contributed by atoms with Crippen LogP contribution in [0.2, 0.25) is 0 Å². The molecule has 3 aromatic rings. The van der Waals surface area contributed by atoms with E-state index in [0.717, 1.165) is 36.7 Å². The van der Waals surface area contributed by atoms with Crippen LogP contribution in [-0.2, 0) is 12.0 Å². The van der Waals surface area contributed by atoms with Crippen LogP contribution < -0.4 is 0 Å². The third-order valence-corrected chi connectivity index (χ3v) is 5.59. The molecule has 1 aromatic carbocycles. The van der Waals surface area contributed by atoms with Crippen LogP contribution in [0.5, 0.6) is 0 Å². The highest BCUT2D eigenvalue weighted by atomic mass is 16.5. The van der Waals surface area contributed by atoms with Crippen LogP contribution >= 0.6 is 0 Å². The second kappa shape index (κ2) is 8.67. The van der Waals surface area contributed by atoms with Gasteiger partial charge < -0.3 is 13.8 Å². The number of carbonyl (C=O) groups is 1. The summed E-state index contributed by atoms with van der Waals surface area (Å²) in [6, 6.07) is 9.71. The van der Waals surface area contributed by atoms with Crippen molar-refractivity contribution >= 4 is 5.91 Å². The molecule has 0 saturated carbocycles. The topological polar surface area (TPSA) is 75.6 Å². The highest BCUT2D eigenvalue weighted by molar-refractivity contribution is 5.93. The maximum Gasteiger partial charge on any atom is 0.276 e. The van der Waals surface area contributed by atoms with Crippen molar-refractivity contribution in [3.8, 4) is 11.3 Å². The fourth-order valence-corrected chi connectivity index (χ4v) is 3.65. The fourth-order valence-electron chi connectivity index (χ4n) is 3.65. The Morgan fingerprint density at radius 2 is 1.87 bits per heavy atom. The second-order valence-electron chi connectivity index (χ2n) is 9.23. The van der Waals surface area contributed by atoms with Gasteiger partial charge in [-0.05, 0) is 13.3 Å². The Bertz CT molecular complexity index is 1030. The zero-order valence-corrected chi connectivity index (χ0v) is 18.7. The van der Waals surface area contributed by atoms with E-state index in [1.54, 1.807) is 6.07 Å². The summed E-state index contributed by atoms with van der Waals surface area (Å²) in [7, 11) is 0. The first-order chi connectivity index (χ1) is 14.8. The van der Waals surface area contributed by atoms with Crippen LogP contribution in [-0.4, -0.2) is 52.0 Å². The van der Waals surface area contributed by atoms with Crippen LogP contribution in [0, 0.1) is 6.92 Å². The van der Waals surface area contributed by atoms with E-state index in [1.165, 1.54) is 5.56 Å². The molecular formula is C24H30N4O3. The number of aryl methyl sites for hydroxylation is 1. The third kappa shape index (κ3) is 5.05. The van der Waals surface area contributed by atoms with Gasteiger partial charge in [-0.15, -0.1) is 0 Å². The van der Waals surface area contributed by atoms with Gasteiger partial charge in [0.15, 0.2) is 11.5 Å². The number of carbonyl (C=O) groups excluding carboxylic acids is 1. The van der Waals surface area contributed by atoms with Crippen molar-refractivity contribution < 1.29 is 13.7 Å². The first-order valence-corrected chi connectivity index (χ1v) is 10.8. The SMILES string of the molecule is Cc1ccc(-c2cc(C(=O)N3CCCN(Cc4ncc(C(C)(C)C)o4)CC3)no2)cc1. The van der Waals surface area contributed by atoms with Crippen molar-refractivity contribution in [3.63, 3.8) is 0 Å². The number of rotatable bonds is 4. The van der Waals surface area contributed by atoms with Gasteiger partial charge >= 0.3 is 0 Å². The zero-order chi connectivity index (χ0) is 22.0. The van der Waals surface area contributed by atoms with Gasteiger partial charge in [-0.25, -0.2) is 4.98 Å². The highest BCUT2D eigenvalue weighted by Gasteiger charge is 2.25. The predicted octanol–water partition coefficient (Wildman–Crippen LogP) is 4.28. The summed E-state index contributed by atoms with van der Waals surface area (Å²) in [6.45, 7) is 12.0. The highest BCUT2D eigenvalue weighted by Crippen LogP contribution is 2.24. The molecule has 7 heteroatoms. The number of nitrogens with zero attached hydrogens (tertiary/aromatic N) is 4. The van der Waals surface area contributed by atoms with E-state index in [-0.39, 0.29) is 11.3 Å². The number of hydrogen-bond acceptors (Lipinski definition) is 6. The summed E-state index contributed by atoms with van der Waals surface area (Å²) < 4.78 is 11.4. The molecule has 0 N–H and O–H groups in total.